The molecule has 0 aliphatic carbocycles. The van der Waals surface area contributed by atoms with Gasteiger partial charge in [0.1, 0.15) is 5.75 Å². The first-order valence-electron chi connectivity index (χ1n) is 8.13. The fourth-order valence-corrected chi connectivity index (χ4v) is 3.11. The van der Waals surface area contributed by atoms with Crippen LogP contribution in [-0.4, -0.2) is 26.2 Å². The first-order chi connectivity index (χ1) is 12.6. The van der Waals surface area contributed by atoms with Gasteiger partial charge in [0.2, 0.25) is 4.77 Å². The quantitative estimate of drug-likeness (QED) is 0.413. The molecule has 3 aromatic carbocycles. The topological polar surface area (TPSA) is 66.2 Å². The molecule has 0 saturated heterocycles. The number of rotatable bonds is 3. The molecule has 0 fully saturated rings. The van der Waals surface area contributed by atoms with Gasteiger partial charge in [-0.05, 0) is 41.5 Å². The van der Waals surface area contributed by atoms with E-state index in [-0.39, 0.29) is 5.75 Å². The molecule has 0 radical (unpaired) electrons. The molecule has 0 unspecified atom stereocenters. The molecule has 0 amide bonds. The number of benzene rings is 3. The van der Waals surface area contributed by atoms with E-state index in [2.05, 4.69) is 15.3 Å². The van der Waals surface area contributed by atoms with E-state index in [0.717, 1.165) is 21.9 Å². The monoisotopic (exact) mass is 360 g/mol. The van der Waals surface area contributed by atoms with Crippen LogP contribution >= 0.6 is 12.2 Å². The summed E-state index contributed by atoms with van der Waals surface area (Å²) in [6.07, 6.45) is 1.62. The minimum atomic E-state index is 0.167. The first-order valence-corrected chi connectivity index (χ1v) is 8.54. The van der Waals surface area contributed by atoms with E-state index in [4.69, 9.17) is 12.2 Å². The summed E-state index contributed by atoms with van der Waals surface area (Å²) in [5.41, 5.74) is 2.66. The van der Waals surface area contributed by atoms with Crippen LogP contribution in [0.15, 0.2) is 65.8 Å². The molecule has 0 aliphatic heterocycles. The largest absolute Gasteiger partial charge is 0.507 e. The third kappa shape index (κ3) is 2.80. The number of nitrogens with one attached hydrogen (secondary N) is 1. The Labute approximate surface area is 155 Å². The average molecular weight is 360 g/mol. The number of hydrogen-bond acceptors (Lipinski definition) is 4. The van der Waals surface area contributed by atoms with Crippen molar-refractivity contribution in [1.82, 2.24) is 14.9 Å². The SMILES string of the molecule is Cc1ccccc1-c1n[nH]c(=S)n1N=Cc1c(O)ccc2ccccc12. The summed E-state index contributed by atoms with van der Waals surface area (Å²) in [5, 5.41) is 23.8. The summed E-state index contributed by atoms with van der Waals surface area (Å²) >= 11 is 5.33. The summed E-state index contributed by atoms with van der Waals surface area (Å²) < 4.78 is 1.96. The van der Waals surface area contributed by atoms with E-state index in [1.807, 2.05) is 61.5 Å². The molecule has 128 valence electrons. The molecule has 0 saturated carbocycles. The van der Waals surface area contributed by atoms with Gasteiger partial charge in [-0.25, -0.2) is 5.10 Å². The standard InChI is InChI=1S/C20H16N4OS/c1-13-6-2-4-8-15(13)19-22-23-20(26)24(19)21-12-17-16-9-5-3-7-14(16)10-11-18(17)25/h2-12,25H,1H3,(H,23,26). The number of fused-ring (bicyclic) bond motifs is 1. The fourth-order valence-electron chi connectivity index (χ4n) is 2.93. The Hall–Kier alpha value is -3.25. The van der Waals surface area contributed by atoms with Crippen molar-refractivity contribution in [2.24, 2.45) is 5.10 Å². The molecule has 5 nitrogen and oxygen atoms in total. The van der Waals surface area contributed by atoms with Crippen molar-refractivity contribution in [3.8, 4) is 17.1 Å². The van der Waals surface area contributed by atoms with Gasteiger partial charge in [0.25, 0.3) is 0 Å². The number of aromatic nitrogens is 3. The zero-order chi connectivity index (χ0) is 18.1. The molecule has 0 aliphatic rings. The molecular formula is C20H16N4OS. The van der Waals surface area contributed by atoms with Gasteiger partial charge in [-0.2, -0.15) is 14.9 Å². The van der Waals surface area contributed by atoms with Crippen LogP contribution in [0.3, 0.4) is 0 Å². The maximum absolute atomic E-state index is 10.3. The average Bonchev–Trinajstić information content (AvgIpc) is 3.02. The molecule has 26 heavy (non-hydrogen) atoms. The van der Waals surface area contributed by atoms with E-state index in [0.29, 0.717) is 16.2 Å². The Bertz CT molecular complexity index is 1190. The van der Waals surface area contributed by atoms with Crippen LogP contribution in [0.4, 0.5) is 0 Å². The summed E-state index contributed by atoms with van der Waals surface area (Å²) in [6, 6.07) is 19.3. The third-order valence-corrected chi connectivity index (χ3v) is 4.55. The second-order valence-electron chi connectivity index (χ2n) is 5.94. The van der Waals surface area contributed by atoms with Gasteiger partial charge in [0.15, 0.2) is 5.82 Å². The maximum Gasteiger partial charge on any atom is 0.216 e. The Balaban J connectivity index is 1.85. The highest BCUT2D eigenvalue weighted by atomic mass is 32.1. The number of phenols is 1. The lowest BCUT2D eigenvalue weighted by molar-refractivity contribution is 0.475. The van der Waals surface area contributed by atoms with Gasteiger partial charge in [0.05, 0.1) is 6.21 Å². The minimum Gasteiger partial charge on any atom is -0.507 e. The zero-order valence-electron chi connectivity index (χ0n) is 14.0. The van der Waals surface area contributed by atoms with Crippen LogP contribution in [0.5, 0.6) is 5.75 Å². The Morgan fingerprint density at radius 3 is 2.69 bits per heavy atom. The van der Waals surface area contributed by atoms with Crippen LogP contribution in [0.25, 0.3) is 22.2 Å². The number of aryl methyl sites for hydroxylation is 1. The van der Waals surface area contributed by atoms with Crippen molar-refractivity contribution in [3.63, 3.8) is 0 Å². The third-order valence-electron chi connectivity index (χ3n) is 4.29. The normalized spacial score (nSPS) is 11.4. The van der Waals surface area contributed by atoms with Crippen LogP contribution < -0.4 is 0 Å². The highest BCUT2D eigenvalue weighted by molar-refractivity contribution is 7.71. The van der Waals surface area contributed by atoms with Crippen molar-refractivity contribution in [1.29, 1.82) is 0 Å². The van der Waals surface area contributed by atoms with E-state index >= 15 is 0 Å². The van der Waals surface area contributed by atoms with Gasteiger partial charge in [-0.1, -0.05) is 54.6 Å². The molecule has 1 aromatic heterocycles. The van der Waals surface area contributed by atoms with E-state index in [1.54, 1.807) is 17.0 Å². The van der Waals surface area contributed by atoms with Crippen molar-refractivity contribution in [3.05, 3.63) is 76.6 Å². The molecule has 4 rings (SSSR count). The maximum atomic E-state index is 10.3. The van der Waals surface area contributed by atoms with Crippen molar-refractivity contribution < 1.29 is 5.11 Å². The van der Waals surface area contributed by atoms with Crippen molar-refractivity contribution in [2.75, 3.05) is 0 Å². The lowest BCUT2D eigenvalue weighted by Crippen LogP contribution is -1.97. The van der Waals surface area contributed by atoms with Gasteiger partial charge < -0.3 is 5.11 Å². The van der Waals surface area contributed by atoms with Gasteiger partial charge in [-0.15, -0.1) is 0 Å². The Kier molecular flexibility index (Phi) is 4.10. The van der Waals surface area contributed by atoms with Gasteiger partial charge in [-0.3, -0.25) is 0 Å². The molecule has 0 bridgehead atoms. The van der Waals surface area contributed by atoms with E-state index in [1.165, 1.54) is 0 Å². The Morgan fingerprint density at radius 1 is 1.08 bits per heavy atom. The van der Waals surface area contributed by atoms with Crippen LogP contribution in [0.2, 0.25) is 0 Å². The van der Waals surface area contributed by atoms with E-state index in [9.17, 15) is 5.11 Å². The molecule has 0 spiro atoms. The molecular weight excluding hydrogens is 344 g/mol. The van der Waals surface area contributed by atoms with Crippen molar-refractivity contribution in [2.45, 2.75) is 6.92 Å². The number of aromatic amines is 1. The van der Waals surface area contributed by atoms with Crippen molar-refractivity contribution >= 4 is 29.2 Å². The molecule has 6 heteroatoms. The second-order valence-corrected chi connectivity index (χ2v) is 6.33. The lowest BCUT2D eigenvalue weighted by atomic mass is 10.0. The highest BCUT2D eigenvalue weighted by Gasteiger charge is 2.11. The number of nitrogens with zero attached hydrogens (tertiary/aromatic N) is 3. The summed E-state index contributed by atoms with van der Waals surface area (Å²) in [4.78, 5) is 0. The van der Waals surface area contributed by atoms with E-state index < -0.39 is 0 Å². The number of aromatic hydroxyl groups is 1. The summed E-state index contributed by atoms with van der Waals surface area (Å²) in [6.45, 7) is 2.01. The predicted molar refractivity (Wildman–Crippen MR) is 106 cm³/mol. The lowest BCUT2D eigenvalue weighted by Gasteiger charge is -2.06. The number of hydrogen-bond donors (Lipinski definition) is 2. The predicted octanol–water partition coefficient (Wildman–Crippen LogP) is 4.66. The fraction of sp³-hybridized carbons (Fsp3) is 0.0500. The summed E-state index contributed by atoms with van der Waals surface area (Å²) in [5.74, 6) is 0.795. The number of H-pyrrole nitrogens is 1. The summed E-state index contributed by atoms with van der Waals surface area (Å²) in [7, 11) is 0. The molecule has 4 aromatic rings. The van der Waals surface area contributed by atoms with Gasteiger partial charge in [0, 0.05) is 11.1 Å². The van der Waals surface area contributed by atoms with Crippen LogP contribution in [0.1, 0.15) is 11.1 Å². The van der Waals surface area contributed by atoms with Crippen LogP contribution in [-0.2, 0) is 0 Å². The first kappa shape index (κ1) is 16.2. The smallest absolute Gasteiger partial charge is 0.216 e. The molecule has 2 N–H and O–H groups in total. The zero-order valence-corrected chi connectivity index (χ0v) is 14.9. The molecule has 0 atom stereocenters. The van der Waals surface area contributed by atoms with Gasteiger partial charge >= 0.3 is 0 Å². The highest BCUT2D eigenvalue weighted by Crippen LogP contribution is 2.26. The second kappa shape index (κ2) is 6.57. The minimum absolute atomic E-state index is 0.167. The molecule has 1 heterocycles. The Morgan fingerprint density at radius 2 is 1.85 bits per heavy atom. The van der Waals surface area contributed by atoms with Crippen LogP contribution in [0, 0.1) is 11.7 Å². The number of phenolic OH excluding ortho intramolecular Hbond substituents is 1.